The lowest BCUT2D eigenvalue weighted by molar-refractivity contribution is 0.248. The predicted octanol–water partition coefficient (Wildman–Crippen LogP) is 2.36. The minimum atomic E-state index is -0.0635. The lowest BCUT2D eigenvalue weighted by Crippen LogP contribution is -2.46. The van der Waals surface area contributed by atoms with Crippen molar-refractivity contribution in [2.24, 2.45) is 0 Å². The van der Waals surface area contributed by atoms with Gasteiger partial charge in [-0.3, -0.25) is 9.30 Å². The zero-order chi connectivity index (χ0) is 20.6. The van der Waals surface area contributed by atoms with Crippen LogP contribution in [0.4, 0.5) is 5.69 Å². The highest BCUT2D eigenvalue weighted by molar-refractivity contribution is 6.30. The Balaban J connectivity index is 0.000000755. The average molecular weight is 418 g/mol. The topological polar surface area (TPSA) is 66.0 Å². The number of aryl methyl sites for hydroxylation is 1. The van der Waals surface area contributed by atoms with Gasteiger partial charge in [0, 0.05) is 62.8 Å². The van der Waals surface area contributed by atoms with E-state index in [1.165, 1.54) is 5.69 Å². The molecule has 1 saturated heterocycles. The molecule has 0 radical (unpaired) electrons. The van der Waals surface area contributed by atoms with Crippen LogP contribution in [0.2, 0.25) is 5.02 Å². The van der Waals surface area contributed by atoms with E-state index >= 15 is 0 Å². The number of hydrogen-bond acceptors (Lipinski definition) is 5. The molecule has 0 aliphatic carbocycles. The van der Waals surface area contributed by atoms with E-state index in [4.69, 9.17) is 16.7 Å². The standard InChI is InChI=1S/C19H22ClN5O.C2H6O/c20-16-5-3-6-17(15-16)23-13-11-22(12-14-23)8-4-10-25-19(26)24-9-2-1-7-18(24)21-25;1-2-3/h1-3,5-7,9,15H,4,8,10-14H2;3H,2H2,1H3. The third-order valence-corrected chi connectivity index (χ3v) is 5.11. The van der Waals surface area contributed by atoms with E-state index in [1.807, 2.05) is 36.4 Å². The Morgan fingerprint density at radius 2 is 1.83 bits per heavy atom. The Morgan fingerprint density at radius 1 is 1.07 bits per heavy atom. The Morgan fingerprint density at radius 3 is 2.52 bits per heavy atom. The lowest BCUT2D eigenvalue weighted by Gasteiger charge is -2.36. The summed E-state index contributed by atoms with van der Waals surface area (Å²) in [4.78, 5) is 17.1. The van der Waals surface area contributed by atoms with E-state index in [0.717, 1.165) is 44.2 Å². The molecule has 1 aliphatic rings. The Kier molecular flexibility index (Phi) is 7.69. The van der Waals surface area contributed by atoms with Gasteiger partial charge in [0.2, 0.25) is 0 Å². The zero-order valence-corrected chi connectivity index (χ0v) is 17.5. The fourth-order valence-electron chi connectivity index (χ4n) is 3.46. The summed E-state index contributed by atoms with van der Waals surface area (Å²) in [6.07, 6.45) is 2.68. The van der Waals surface area contributed by atoms with E-state index in [-0.39, 0.29) is 12.3 Å². The van der Waals surface area contributed by atoms with Crippen LogP contribution in [0.3, 0.4) is 0 Å². The number of piperazine rings is 1. The molecular weight excluding hydrogens is 390 g/mol. The third kappa shape index (κ3) is 5.59. The molecule has 8 heteroatoms. The summed E-state index contributed by atoms with van der Waals surface area (Å²) in [7, 11) is 0. The minimum absolute atomic E-state index is 0.0635. The van der Waals surface area contributed by atoms with Crippen molar-refractivity contribution in [1.82, 2.24) is 19.1 Å². The summed E-state index contributed by atoms with van der Waals surface area (Å²) in [6, 6.07) is 13.6. The van der Waals surface area contributed by atoms with Gasteiger partial charge in [0.15, 0.2) is 5.65 Å². The molecule has 2 aromatic heterocycles. The summed E-state index contributed by atoms with van der Waals surface area (Å²) in [5.74, 6) is 0. The molecule has 3 heterocycles. The lowest BCUT2D eigenvalue weighted by atomic mass is 10.2. The SMILES string of the molecule is CCO.O=c1n(CCCN2CCN(c3cccc(Cl)c3)CC2)nc2ccccn12. The average Bonchev–Trinajstić information content (AvgIpc) is 3.05. The van der Waals surface area contributed by atoms with Crippen molar-refractivity contribution >= 4 is 22.9 Å². The van der Waals surface area contributed by atoms with Crippen molar-refractivity contribution in [2.45, 2.75) is 19.9 Å². The highest BCUT2D eigenvalue weighted by atomic mass is 35.5. The van der Waals surface area contributed by atoms with Gasteiger partial charge in [-0.1, -0.05) is 23.7 Å². The van der Waals surface area contributed by atoms with E-state index < -0.39 is 0 Å². The maximum Gasteiger partial charge on any atom is 0.350 e. The van der Waals surface area contributed by atoms with Crippen molar-refractivity contribution in [1.29, 1.82) is 0 Å². The van der Waals surface area contributed by atoms with Crippen molar-refractivity contribution in [2.75, 3.05) is 44.2 Å². The summed E-state index contributed by atoms with van der Waals surface area (Å²) < 4.78 is 3.15. The van der Waals surface area contributed by atoms with Crippen LogP contribution in [0.25, 0.3) is 5.65 Å². The second-order valence-corrected chi connectivity index (χ2v) is 7.35. The Bertz CT molecular complexity index is 963. The fourth-order valence-corrected chi connectivity index (χ4v) is 3.64. The van der Waals surface area contributed by atoms with Gasteiger partial charge in [0.1, 0.15) is 0 Å². The van der Waals surface area contributed by atoms with Gasteiger partial charge in [-0.25, -0.2) is 9.48 Å². The van der Waals surface area contributed by atoms with Crippen molar-refractivity contribution in [3.8, 4) is 0 Å². The normalized spacial score (nSPS) is 14.7. The summed E-state index contributed by atoms with van der Waals surface area (Å²) in [5, 5.41) is 12.7. The molecule has 0 atom stereocenters. The van der Waals surface area contributed by atoms with Crippen LogP contribution in [-0.2, 0) is 6.54 Å². The van der Waals surface area contributed by atoms with Crippen LogP contribution in [0, 0.1) is 0 Å². The molecule has 1 aromatic carbocycles. The molecule has 0 unspecified atom stereocenters. The van der Waals surface area contributed by atoms with Gasteiger partial charge in [-0.05, 0) is 43.7 Å². The third-order valence-electron chi connectivity index (χ3n) is 4.88. The van der Waals surface area contributed by atoms with E-state index in [2.05, 4.69) is 21.0 Å². The number of aliphatic hydroxyl groups is 1. The second-order valence-electron chi connectivity index (χ2n) is 6.91. The van der Waals surface area contributed by atoms with Crippen molar-refractivity contribution in [3.05, 3.63) is 64.2 Å². The molecular formula is C21H28ClN5O2. The first-order valence-corrected chi connectivity index (χ1v) is 10.4. The number of aliphatic hydroxyl groups excluding tert-OH is 1. The molecule has 156 valence electrons. The van der Waals surface area contributed by atoms with Crippen LogP contribution >= 0.6 is 11.6 Å². The first-order chi connectivity index (χ1) is 14.1. The van der Waals surface area contributed by atoms with E-state index in [9.17, 15) is 4.79 Å². The molecule has 0 spiro atoms. The maximum absolute atomic E-state index is 12.3. The summed E-state index contributed by atoms with van der Waals surface area (Å²) >= 11 is 6.09. The van der Waals surface area contributed by atoms with Crippen molar-refractivity contribution < 1.29 is 5.11 Å². The molecule has 0 bridgehead atoms. The van der Waals surface area contributed by atoms with E-state index in [0.29, 0.717) is 12.2 Å². The van der Waals surface area contributed by atoms with E-state index in [1.54, 1.807) is 22.2 Å². The molecule has 1 N–H and O–H groups in total. The molecule has 0 saturated carbocycles. The molecule has 7 nitrogen and oxygen atoms in total. The molecule has 29 heavy (non-hydrogen) atoms. The van der Waals surface area contributed by atoms with Crippen LogP contribution in [0.15, 0.2) is 53.5 Å². The number of anilines is 1. The highest BCUT2D eigenvalue weighted by Gasteiger charge is 2.17. The largest absolute Gasteiger partial charge is 0.397 e. The van der Waals surface area contributed by atoms with Crippen LogP contribution < -0.4 is 10.6 Å². The number of halogens is 1. The number of fused-ring (bicyclic) bond motifs is 1. The fraction of sp³-hybridized carbons (Fsp3) is 0.429. The quantitative estimate of drug-likeness (QED) is 0.690. The molecule has 3 aromatic rings. The van der Waals surface area contributed by atoms with Crippen molar-refractivity contribution in [3.63, 3.8) is 0 Å². The number of aromatic nitrogens is 3. The monoisotopic (exact) mass is 417 g/mol. The van der Waals surface area contributed by atoms with Crippen LogP contribution in [0.5, 0.6) is 0 Å². The molecule has 0 amide bonds. The molecule has 1 aliphatic heterocycles. The number of nitrogens with zero attached hydrogens (tertiary/aromatic N) is 5. The maximum atomic E-state index is 12.3. The highest BCUT2D eigenvalue weighted by Crippen LogP contribution is 2.20. The number of benzene rings is 1. The predicted molar refractivity (Wildman–Crippen MR) is 117 cm³/mol. The van der Waals surface area contributed by atoms with Gasteiger partial charge < -0.3 is 10.0 Å². The number of hydrogen-bond donors (Lipinski definition) is 1. The Labute approximate surface area is 175 Å². The van der Waals surface area contributed by atoms with Gasteiger partial charge in [-0.15, -0.1) is 5.10 Å². The summed E-state index contributed by atoms with van der Waals surface area (Å²) in [5.41, 5.74) is 1.83. The second kappa shape index (κ2) is 10.4. The smallest absolute Gasteiger partial charge is 0.350 e. The van der Waals surface area contributed by atoms with Gasteiger partial charge in [0.05, 0.1) is 0 Å². The van der Waals surface area contributed by atoms with Gasteiger partial charge in [-0.2, -0.15) is 0 Å². The zero-order valence-electron chi connectivity index (χ0n) is 16.7. The number of pyridine rings is 1. The summed E-state index contributed by atoms with van der Waals surface area (Å²) in [6.45, 7) is 7.58. The minimum Gasteiger partial charge on any atom is -0.397 e. The van der Waals surface area contributed by atoms with Gasteiger partial charge in [0.25, 0.3) is 0 Å². The number of rotatable bonds is 5. The first kappa shape index (κ1) is 21.4. The first-order valence-electron chi connectivity index (χ1n) is 10.0. The van der Waals surface area contributed by atoms with Crippen LogP contribution in [0.1, 0.15) is 13.3 Å². The van der Waals surface area contributed by atoms with Crippen LogP contribution in [-0.4, -0.2) is 63.5 Å². The molecule has 1 fully saturated rings. The molecule has 4 rings (SSSR count). The van der Waals surface area contributed by atoms with Gasteiger partial charge >= 0.3 is 5.69 Å². The Hall–Kier alpha value is -2.35.